The van der Waals surface area contributed by atoms with E-state index < -0.39 is 0 Å². The van der Waals surface area contributed by atoms with Crippen LogP contribution < -0.4 is 10.6 Å². The fraction of sp³-hybridized carbons (Fsp3) is 0.929. The molecule has 0 aromatic carbocycles. The van der Waals surface area contributed by atoms with Crippen molar-refractivity contribution in [3.8, 4) is 0 Å². The highest BCUT2D eigenvalue weighted by atomic mass is 16.2. The van der Waals surface area contributed by atoms with Gasteiger partial charge in [-0.25, -0.2) is 0 Å². The average molecular weight is 238 g/mol. The highest BCUT2D eigenvalue weighted by Gasteiger charge is 2.64. The van der Waals surface area contributed by atoms with Crippen molar-refractivity contribution in [2.45, 2.75) is 41.0 Å². The Balaban J connectivity index is 1.86. The molecule has 2 aliphatic rings. The first kappa shape index (κ1) is 12.9. The summed E-state index contributed by atoms with van der Waals surface area (Å²) in [5, 5.41) is 6.43. The van der Waals surface area contributed by atoms with Gasteiger partial charge in [0.2, 0.25) is 5.91 Å². The van der Waals surface area contributed by atoms with Crippen molar-refractivity contribution in [3.05, 3.63) is 0 Å². The van der Waals surface area contributed by atoms with Gasteiger partial charge in [0.25, 0.3) is 0 Å². The van der Waals surface area contributed by atoms with Crippen molar-refractivity contribution in [3.63, 3.8) is 0 Å². The highest BCUT2D eigenvalue weighted by molar-refractivity contribution is 5.82. The first-order valence-corrected chi connectivity index (χ1v) is 6.71. The standard InChI is InChI=1S/C14H26N2O/c1-12(2)10(13(12,3)4)8-16-11(17)14(5)6-7-15-9-14/h10,15H,6-9H2,1-5H3,(H,16,17). The summed E-state index contributed by atoms with van der Waals surface area (Å²) in [7, 11) is 0. The zero-order valence-electron chi connectivity index (χ0n) is 11.8. The summed E-state index contributed by atoms with van der Waals surface area (Å²) in [5.41, 5.74) is 0.521. The van der Waals surface area contributed by atoms with Gasteiger partial charge in [-0.2, -0.15) is 0 Å². The number of hydrogen-bond donors (Lipinski definition) is 2. The lowest BCUT2D eigenvalue weighted by Gasteiger charge is -2.21. The molecule has 0 aromatic heterocycles. The maximum Gasteiger partial charge on any atom is 0.227 e. The molecular weight excluding hydrogens is 212 g/mol. The van der Waals surface area contributed by atoms with Crippen molar-refractivity contribution < 1.29 is 4.79 Å². The predicted octanol–water partition coefficient (Wildman–Crippen LogP) is 1.78. The van der Waals surface area contributed by atoms with E-state index >= 15 is 0 Å². The van der Waals surface area contributed by atoms with Crippen LogP contribution >= 0.6 is 0 Å². The molecule has 0 radical (unpaired) electrons. The molecule has 1 saturated carbocycles. The molecule has 17 heavy (non-hydrogen) atoms. The fourth-order valence-corrected chi connectivity index (χ4v) is 3.26. The molecule has 3 heteroatoms. The minimum atomic E-state index is -0.191. The molecule has 1 unspecified atom stereocenters. The number of nitrogens with one attached hydrogen (secondary N) is 2. The third kappa shape index (κ3) is 1.88. The van der Waals surface area contributed by atoms with Crippen LogP contribution in [0.4, 0.5) is 0 Å². The Bertz CT molecular complexity index is 313. The van der Waals surface area contributed by atoms with E-state index in [4.69, 9.17) is 0 Å². The third-order valence-electron chi connectivity index (χ3n) is 5.70. The Hall–Kier alpha value is -0.570. The van der Waals surface area contributed by atoms with E-state index in [0.29, 0.717) is 16.7 Å². The molecule has 1 aliphatic heterocycles. The van der Waals surface area contributed by atoms with Crippen molar-refractivity contribution in [2.24, 2.45) is 22.2 Å². The summed E-state index contributed by atoms with van der Waals surface area (Å²) in [6.07, 6.45) is 0.955. The second kappa shape index (κ2) is 3.71. The summed E-state index contributed by atoms with van der Waals surface area (Å²) in [6.45, 7) is 13.8. The predicted molar refractivity (Wildman–Crippen MR) is 69.7 cm³/mol. The van der Waals surface area contributed by atoms with Crippen LogP contribution in [0.3, 0.4) is 0 Å². The van der Waals surface area contributed by atoms with Gasteiger partial charge in [-0.05, 0) is 36.6 Å². The third-order valence-corrected chi connectivity index (χ3v) is 5.70. The van der Waals surface area contributed by atoms with Gasteiger partial charge in [-0.15, -0.1) is 0 Å². The van der Waals surface area contributed by atoms with Crippen molar-refractivity contribution in [1.29, 1.82) is 0 Å². The second-order valence-electron chi connectivity index (χ2n) is 7.19. The maximum absolute atomic E-state index is 12.2. The van der Waals surface area contributed by atoms with Crippen molar-refractivity contribution in [1.82, 2.24) is 10.6 Å². The molecule has 1 atom stereocenters. The molecule has 1 amide bonds. The Morgan fingerprint density at radius 1 is 1.24 bits per heavy atom. The van der Waals surface area contributed by atoms with Crippen LogP contribution in [-0.2, 0) is 4.79 Å². The van der Waals surface area contributed by atoms with Crippen molar-refractivity contribution >= 4 is 5.91 Å². The minimum Gasteiger partial charge on any atom is -0.355 e. The SMILES string of the molecule is CC1(C(=O)NCC2C(C)(C)C2(C)C)CCNC1. The smallest absolute Gasteiger partial charge is 0.227 e. The molecule has 0 aromatic rings. The van der Waals surface area contributed by atoms with Crippen LogP contribution in [0.5, 0.6) is 0 Å². The lowest BCUT2D eigenvalue weighted by molar-refractivity contribution is -0.129. The second-order valence-corrected chi connectivity index (χ2v) is 7.19. The first-order chi connectivity index (χ1) is 7.72. The van der Waals surface area contributed by atoms with Crippen molar-refractivity contribution in [2.75, 3.05) is 19.6 Å². The Morgan fingerprint density at radius 3 is 2.24 bits per heavy atom. The molecule has 2 rings (SSSR count). The molecule has 2 fully saturated rings. The van der Waals surface area contributed by atoms with Crippen LogP contribution in [0.2, 0.25) is 0 Å². The topological polar surface area (TPSA) is 41.1 Å². The quantitative estimate of drug-likeness (QED) is 0.787. The van der Waals surface area contributed by atoms with E-state index in [-0.39, 0.29) is 11.3 Å². The van der Waals surface area contributed by atoms with E-state index in [9.17, 15) is 4.79 Å². The van der Waals surface area contributed by atoms with Gasteiger partial charge < -0.3 is 10.6 Å². The van der Waals surface area contributed by atoms with Gasteiger partial charge in [0.15, 0.2) is 0 Å². The minimum absolute atomic E-state index is 0.191. The molecule has 98 valence electrons. The summed E-state index contributed by atoms with van der Waals surface area (Å²) in [6, 6.07) is 0. The maximum atomic E-state index is 12.2. The molecule has 3 nitrogen and oxygen atoms in total. The number of rotatable bonds is 3. The Kier molecular flexibility index (Phi) is 2.81. The molecule has 2 N–H and O–H groups in total. The lowest BCUT2D eigenvalue weighted by atomic mass is 9.89. The number of carbonyl (C=O) groups excluding carboxylic acids is 1. The van der Waals surface area contributed by atoms with Crippen LogP contribution in [-0.4, -0.2) is 25.5 Å². The van der Waals surface area contributed by atoms with Gasteiger partial charge in [-0.1, -0.05) is 27.7 Å². The fourth-order valence-electron chi connectivity index (χ4n) is 3.26. The van der Waals surface area contributed by atoms with E-state index in [1.165, 1.54) is 0 Å². The molecule has 1 heterocycles. The normalized spacial score (nSPS) is 34.6. The zero-order valence-corrected chi connectivity index (χ0v) is 11.8. The van der Waals surface area contributed by atoms with E-state index in [1.54, 1.807) is 0 Å². The number of carbonyl (C=O) groups is 1. The Morgan fingerprint density at radius 2 is 1.82 bits per heavy atom. The van der Waals surface area contributed by atoms with E-state index in [0.717, 1.165) is 26.1 Å². The zero-order chi connectivity index (χ0) is 12.9. The monoisotopic (exact) mass is 238 g/mol. The molecule has 1 aliphatic carbocycles. The van der Waals surface area contributed by atoms with Crippen LogP contribution in [0.15, 0.2) is 0 Å². The number of amides is 1. The largest absolute Gasteiger partial charge is 0.355 e. The summed E-state index contributed by atoms with van der Waals surface area (Å²) >= 11 is 0. The van der Waals surface area contributed by atoms with E-state index in [2.05, 4.69) is 45.3 Å². The van der Waals surface area contributed by atoms with Gasteiger partial charge in [0.05, 0.1) is 5.41 Å². The van der Waals surface area contributed by atoms with E-state index in [1.807, 2.05) is 0 Å². The highest BCUT2D eigenvalue weighted by Crippen LogP contribution is 2.67. The molecular formula is C14H26N2O. The van der Waals surface area contributed by atoms with Crippen LogP contribution in [0, 0.1) is 22.2 Å². The summed E-state index contributed by atoms with van der Waals surface area (Å²) in [5.74, 6) is 0.831. The van der Waals surface area contributed by atoms with Gasteiger partial charge in [0.1, 0.15) is 0 Å². The van der Waals surface area contributed by atoms with Crippen LogP contribution in [0.25, 0.3) is 0 Å². The van der Waals surface area contributed by atoms with Gasteiger partial charge in [-0.3, -0.25) is 4.79 Å². The summed E-state index contributed by atoms with van der Waals surface area (Å²) < 4.78 is 0. The van der Waals surface area contributed by atoms with Gasteiger partial charge in [0, 0.05) is 13.1 Å². The summed E-state index contributed by atoms with van der Waals surface area (Å²) in [4.78, 5) is 12.2. The Labute approximate surface area is 105 Å². The lowest BCUT2D eigenvalue weighted by Crippen LogP contribution is -2.41. The molecule has 0 spiro atoms. The molecule has 0 bridgehead atoms. The molecule has 1 saturated heterocycles. The average Bonchev–Trinajstić information content (AvgIpc) is 2.58. The van der Waals surface area contributed by atoms with Gasteiger partial charge >= 0.3 is 0 Å². The first-order valence-electron chi connectivity index (χ1n) is 6.71. The number of hydrogen-bond acceptors (Lipinski definition) is 2. The van der Waals surface area contributed by atoms with Crippen LogP contribution in [0.1, 0.15) is 41.0 Å².